The Morgan fingerprint density at radius 2 is 1.92 bits per heavy atom. The normalized spacial score (nSPS) is 21.8. The highest BCUT2D eigenvalue weighted by Gasteiger charge is 2.33. The molecule has 3 atom stereocenters. The van der Waals surface area contributed by atoms with Crippen LogP contribution in [-0.4, -0.2) is 25.7 Å². The van der Waals surface area contributed by atoms with Gasteiger partial charge in [-0.25, -0.2) is 14.4 Å². The molecule has 1 N–H and O–H groups in total. The summed E-state index contributed by atoms with van der Waals surface area (Å²) in [7, 11) is 0. The Hall–Kier alpha value is -2.31. The lowest BCUT2D eigenvalue weighted by atomic mass is 10.0. The topological polar surface area (TPSA) is 60.2 Å². The molecule has 1 aliphatic rings. The van der Waals surface area contributed by atoms with Gasteiger partial charge in [-0.1, -0.05) is 12.1 Å². The third kappa shape index (κ3) is 2.92. The van der Waals surface area contributed by atoms with Crippen molar-refractivity contribution in [3.8, 4) is 0 Å². The number of hydrogen-bond acceptors (Lipinski definition) is 4. The van der Waals surface area contributed by atoms with Gasteiger partial charge in [0.25, 0.3) is 0 Å². The van der Waals surface area contributed by atoms with Crippen molar-refractivity contribution < 1.29 is 14.2 Å². The molecular weight excluding hydrogens is 321 g/mol. The van der Waals surface area contributed by atoms with Gasteiger partial charge in [0.1, 0.15) is 29.6 Å². The number of aliphatic hydroxyl groups is 1. The minimum atomic E-state index is -0.773. The van der Waals surface area contributed by atoms with Gasteiger partial charge in [-0.3, -0.25) is 0 Å². The third-order valence-corrected chi connectivity index (χ3v) is 4.78. The number of nitrogens with zero attached hydrogens (tertiary/aromatic N) is 3. The zero-order valence-corrected chi connectivity index (χ0v) is 14.2. The average Bonchev–Trinajstić information content (AvgIpc) is 3.21. The molecule has 3 unspecified atom stereocenters. The maximum absolute atomic E-state index is 13.1. The molecule has 1 fully saturated rings. The molecule has 130 valence electrons. The lowest BCUT2D eigenvalue weighted by Crippen LogP contribution is -2.19. The van der Waals surface area contributed by atoms with Crippen LogP contribution in [0.15, 0.2) is 36.5 Å². The van der Waals surface area contributed by atoms with Gasteiger partial charge in [0.05, 0.1) is 11.8 Å². The van der Waals surface area contributed by atoms with Crippen LogP contribution in [0.25, 0.3) is 11.0 Å². The van der Waals surface area contributed by atoms with E-state index >= 15 is 0 Å². The van der Waals surface area contributed by atoms with Crippen LogP contribution in [0, 0.1) is 19.7 Å². The quantitative estimate of drug-likeness (QED) is 0.791. The molecule has 3 heterocycles. The molecule has 5 nitrogen and oxygen atoms in total. The maximum Gasteiger partial charge on any atom is 0.145 e. The van der Waals surface area contributed by atoms with E-state index in [0.29, 0.717) is 5.56 Å². The van der Waals surface area contributed by atoms with Gasteiger partial charge in [-0.15, -0.1) is 0 Å². The second-order valence-corrected chi connectivity index (χ2v) is 6.52. The Kier molecular flexibility index (Phi) is 4.01. The molecule has 0 aliphatic carbocycles. The van der Waals surface area contributed by atoms with Crippen LogP contribution in [0.5, 0.6) is 0 Å². The number of halogens is 1. The Morgan fingerprint density at radius 1 is 1.16 bits per heavy atom. The lowest BCUT2D eigenvalue weighted by molar-refractivity contribution is -0.0590. The summed E-state index contributed by atoms with van der Waals surface area (Å²) in [6, 6.07) is 7.90. The van der Waals surface area contributed by atoms with Crippen LogP contribution >= 0.6 is 0 Å². The molecule has 6 heteroatoms. The molecule has 0 saturated carbocycles. The summed E-state index contributed by atoms with van der Waals surface area (Å²) < 4.78 is 21.2. The Morgan fingerprint density at radius 3 is 2.68 bits per heavy atom. The highest BCUT2D eigenvalue weighted by molar-refractivity contribution is 5.78. The van der Waals surface area contributed by atoms with Crippen molar-refractivity contribution >= 4 is 11.0 Å². The smallest absolute Gasteiger partial charge is 0.145 e. The zero-order valence-electron chi connectivity index (χ0n) is 14.2. The van der Waals surface area contributed by atoms with E-state index in [1.165, 1.54) is 12.1 Å². The summed E-state index contributed by atoms with van der Waals surface area (Å²) in [5.41, 5.74) is 2.47. The summed E-state index contributed by atoms with van der Waals surface area (Å²) in [4.78, 5) is 8.94. The molecule has 25 heavy (non-hydrogen) atoms. The maximum atomic E-state index is 13.1. The summed E-state index contributed by atoms with van der Waals surface area (Å²) in [6.07, 6.45) is 2.21. The molecule has 3 aromatic rings. The van der Waals surface area contributed by atoms with Gasteiger partial charge < -0.3 is 14.4 Å². The number of benzene rings is 1. The van der Waals surface area contributed by atoms with Crippen LogP contribution in [0.4, 0.5) is 4.39 Å². The van der Waals surface area contributed by atoms with Crippen LogP contribution in [-0.2, 0) is 4.74 Å². The van der Waals surface area contributed by atoms with Gasteiger partial charge in [-0.2, -0.15) is 0 Å². The Balaban J connectivity index is 1.57. The fraction of sp³-hybridized carbons (Fsp3) is 0.368. The van der Waals surface area contributed by atoms with Gasteiger partial charge in [0.15, 0.2) is 0 Å². The molecule has 0 radical (unpaired) electrons. The largest absolute Gasteiger partial charge is 0.386 e. The van der Waals surface area contributed by atoms with E-state index in [2.05, 4.69) is 9.97 Å². The molecule has 4 rings (SSSR count). The second-order valence-electron chi connectivity index (χ2n) is 6.52. The first kappa shape index (κ1) is 16.2. The van der Waals surface area contributed by atoms with E-state index in [9.17, 15) is 9.50 Å². The second kappa shape index (κ2) is 6.20. The summed E-state index contributed by atoms with van der Waals surface area (Å²) in [6.45, 7) is 3.85. The SMILES string of the molecule is Cc1nc(C)c2ccn(C3CCC(C(O)c4ccc(F)cc4)O3)c2n1. The predicted octanol–water partition coefficient (Wildman–Crippen LogP) is 3.60. The van der Waals surface area contributed by atoms with Crippen molar-refractivity contribution in [1.29, 1.82) is 0 Å². The number of fused-ring (bicyclic) bond motifs is 1. The number of hydrogen-bond donors (Lipinski definition) is 1. The highest BCUT2D eigenvalue weighted by atomic mass is 19.1. The van der Waals surface area contributed by atoms with Crippen LogP contribution in [0.1, 0.15) is 42.3 Å². The number of aromatic nitrogens is 3. The van der Waals surface area contributed by atoms with Crippen LogP contribution in [0.2, 0.25) is 0 Å². The van der Waals surface area contributed by atoms with Crippen molar-refractivity contribution in [1.82, 2.24) is 14.5 Å². The van der Waals surface area contributed by atoms with Crippen molar-refractivity contribution in [3.05, 3.63) is 59.4 Å². The van der Waals surface area contributed by atoms with E-state index in [1.54, 1.807) is 12.1 Å². The first-order chi connectivity index (χ1) is 12.0. The molecule has 2 aromatic heterocycles. The van der Waals surface area contributed by atoms with Gasteiger partial charge in [0, 0.05) is 11.6 Å². The highest BCUT2D eigenvalue weighted by Crippen LogP contribution is 2.36. The van der Waals surface area contributed by atoms with E-state index in [1.807, 2.05) is 30.7 Å². The standard InChI is InChI=1S/C19H20FN3O2/c1-11-15-9-10-23(19(15)22-12(2)21-11)17-8-7-16(25-17)18(24)13-3-5-14(20)6-4-13/h3-6,9-10,16-18,24H,7-8H2,1-2H3. The molecule has 1 aromatic carbocycles. The number of rotatable bonds is 3. The van der Waals surface area contributed by atoms with Gasteiger partial charge in [-0.05, 0) is 50.5 Å². The van der Waals surface area contributed by atoms with Gasteiger partial charge >= 0.3 is 0 Å². The van der Waals surface area contributed by atoms with Crippen molar-refractivity contribution in [2.75, 3.05) is 0 Å². The molecular formula is C19H20FN3O2. The Labute approximate surface area is 145 Å². The van der Waals surface area contributed by atoms with E-state index in [4.69, 9.17) is 4.74 Å². The van der Waals surface area contributed by atoms with Crippen molar-refractivity contribution in [2.24, 2.45) is 0 Å². The molecule has 0 bridgehead atoms. The number of aryl methyl sites for hydroxylation is 2. The van der Waals surface area contributed by atoms with E-state index < -0.39 is 6.10 Å². The summed E-state index contributed by atoms with van der Waals surface area (Å²) in [5, 5.41) is 11.6. The van der Waals surface area contributed by atoms with E-state index in [-0.39, 0.29) is 18.1 Å². The number of ether oxygens (including phenoxy) is 1. The monoisotopic (exact) mass is 341 g/mol. The van der Waals surface area contributed by atoms with Crippen LogP contribution < -0.4 is 0 Å². The van der Waals surface area contributed by atoms with Crippen molar-refractivity contribution in [2.45, 2.75) is 45.1 Å². The third-order valence-electron chi connectivity index (χ3n) is 4.78. The summed E-state index contributed by atoms with van der Waals surface area (Å²) >= 11 is 0. The minimum absolute atomic E-state index is 0.175. The minimum Gasteiger partial charge on any atom is -0.386 e. The fourth-order valence-corrected chi connectivity index (χ4v) is 3.51. The average molecular weight is 341 g/mol. The molecule has 1 aliphatic heterocycles. The zero-order chi connectivity index (χ0) is 17.6. The predicted molar refractivity (Wildman–Crippen MR) is 91.5 cm³/mol. The number of aliphatic hydroxyl groups excluding tert-OH is 1. The lowest BCUT2D eigenvalue weighted by Gasteiger charge is -2.20. The first-order valence-corrected chi connectivity index (χ1v) is 8.43. The summed E-state index contributed by atoms with van der Waals surface area (Å²) in [5.74, 6) is 0.413. The van der Waals surface area contributed by atoms with Crippen LogP contribution in [0.3, 0.4) is 0 Å². The fourth-order valence-electron chi connectivity index (χ4n) is 3.51. The van der Waals surface area contributed by atoms with Gasteiger partial charge in [0.2, 0.25) is 0 Å². The molecule has 0 amide bonds. The van der Waals surface area contributed by atoms with Crippen molar-refractivity contribution in [3.63, 3.8) is 0 Å². The van der Waals surface area contributed by atoms with E-state index in [0.717, 1.165) is 35.4 Å². The molecule has 1 saturated heterocycles. The molecule has 0 spiro atoms. The Bertz CT molecular complexity index is 907. The first-order valence-electron chi connectivity index (χ1n) is 8.43.